The molecule has 1 aliphatic rings. The molecule has 1 amide bonds. The van der Waals surface area contributed by atoms with Gasteiger partial charge < -0.3 is 5.11 Å². The van der Waals surface area contributed by atoms with E-state index in [0.717, 1.165) is 5.75 Å². The summed E-state index contributed by atoms with van der Waals surface area (Å²) in [5.74, 6) is 0.735. The minimum atomic E-state index is -1.08. The van der Waals surface area contributed by atoms with Crippen molar-refractivity contribution < 1.29 is 9.90 Å². The Morgan fingerprint density at radius 3 is 3.10 bits per heavy atom. The molecule has 0 aromatic carbocycles. The zero-order chi connectivity index (χ0) is 7.56. The Labute approximate surface area is 67.5 Å². The maximum Gasteiger partial charge on any atom is 0.410 e. The maximum atomic E-state index is 10.0. The van der Waals surface area contributed by atoms with Crippen molar-refractivity contribution in [2.75, 3.05) is 5.75 Å². The molecule has 2 N–H and O–H groups in total. The van der Waals surface area contributed by atoms with Crippen LogP contribution in [0.3, 0.4) is 0 Å². The van der Waals surface area contributed by atoms with Crippen molar-refractivity contribution in [2.45, 2.75) is 5.37 Å². The van der Waals surface area contributed by atoms with Gasteiger partial charge in [0.1, 0.15) is 5.37 Å². The molecule has 0 saturated carbocycles. The van der Waals surface area contributed by atoms with Crippen LogP contribution in [0.15, 0.2) is 4.99 Å². The third kappa shape index (κ3) is 2.11. The molecule has 1 heterocycles. The summed E-state index contributed by atoms with van der Waals surface area (Å²) in [5.41, 5.74) is 0. The Hall–Kier alpha value is -0.360. The van der Waals surface area contributed by atoms with Gasteiger partial charge in [-0.1, -0.05) is 11.8 Å². The molecular weight excluding hydrogens is 172 g/mol. The highest BCUT2D eigenvalue weighted by Gasteiger charge is 2.15. The zero-order valence-electron chi connectivity index (χ0n) is 4.94. The topological polar surface area (TPSA) is 61.7 Å². The van der Waals surface area contributed by atoms with Crippen molar-refractivity contribution in [3.05, 3.63) is 0 Å². The number of rotatable bonds is 0. The predicted octanol–water partition coefficient (Wildman–Crippen LogP) is 0.613. The number of carboxylic acid groups (broad SMARTS) is 1. The van der Waals surface area contributed by atoms with Crippen LogP contribution in [0.1, 0.15) is 0 Å². The van der Waals surface area contributed by atoms with Gasteiger partial charge in [-0.3, -0.25) is 5.32 Å². The Morgan fingerprint density at radius 2 is 2.70 bits per heavy atom. The standard InChI is InChI=1S/C4H6N2O2S2/c7-4(8)6-3-5-2(9)1-10-3/h2,9H,1H2,(H,5,6)(H,7,8). The summed E-state index contributed by atoms with van der Waals surface area (Å²) in [7, 11) is 0. The summed E-state index contributed by atoms with van der Waals surface area (Å²) in [6, 6.07) is 0. The van der Waals surface area contributed by atoms with Crippen molar-refractivity contribution in [3.63, 3.8) is 0 Å². The normalized spacial score (nSPS) is 24.1. The van der Waals surface area contributed by atoms with E-state index in [1.54, 1.807) is 0 Å². The van der Waals surface area contributed by atoms with Gasteiger partial charge in [-0.15, -0.1) is 0 Å². The Bertz CT molecular complexity index is 182. The first-order valence-electron chi connectivity index (χ1n) is 2.57. The van der Waals surface area contributed by atoms with E-state index in [1.165, 1.54) is 11.8 Å². The Kier molecular flexibility index (Phi) is 2.44. The molecule has 1 aliphatic heterocycles. The molecule has 0 spiro atoms. The lowest BCUT2D eigenvalue weighted by Crippen LogP contribution is -2.24. The van der Waals surface area contributed by atoms with Crippen LogP contribution in [-0.4, -0.2) is 27.5 Å². The SMILES string of the molecule is O=C(O)NC1=NC(S)CS1. The van der Waals surface area contributed by atoms with E-state index in [1.807, 2.05) is 0 Å². The molecule has 10 heavy (non-hydrogen) atoms. The molecule has 0 aromatic heterocycles. The molecular formula is C4H6N2O2S2. The number of amidine groups is 1. The molecule has 0 saturated heterocycles. The van der Waals surface area contributed by atoms with Crippen LogP contribution >= 0.6 is 24.4 Å². The highest BCUT2D eigenvalue weighted by atomic mass is 32.2. The summed E-state index contributed by atoms with van der Waals surface area (Å²) < 4.78 is 0. The number of hydrogen-bond donors (Lipinski definition) is 3. The first-order valence-corrected chi connectivity index (χ1v) is 4.07. The van der Waals surface area contributed by atoms with Crippen LogP contribution in [0, 0.1) is 0 Å². The highest BCUT2D eigenvalue weighted by Crippen LogP contribution is 2.18. The number of thioether (sulfide) groups is 1. The van der Waals surface area contributed by atoms with Crippen molar-refractivity contribution in [2.24, 2.45) is 4.99 Å². The van der Waals surface area contributed by atoms with Gasteiger partial charge in [-0.05, 0) is 0 Å². The van der Waals surface area contributed by atoms with E-state index in [0.29, 0.717) is 5.17 Å². The van der Waals surface area contributed by atoms with E-state index in [-0.39, 0.29) is 5.37 Å². The van der Waals surface area contributed by atoms with Crippen LogP contribution in [-0.2, 0) is 0 Å². The third-order valence-electron chi connectivity index (χ3n) is 0.849. The van der Waals surface area contributed by atoms with E-state index >= 15 is 0 Å². The Morgan fingerprint density at radius 1 is 2.00 bits per heavy atom. The van der Waals surface area contributed by atoms with Crippen molar-refractivity contribution in [1.82, 2.24) is 5.32 Å². The Balaban J connectivity index is 2.43. The summed E-state index contributed by atoms with van der Waals surface area (Å²) in [4.78, 5) is 13.9. The quantitative estimate of drug-likeness (QED) is 0.476. The van der Waals surface area contributed by atoms with E-state index < -0.39 is 6.09 Å². The third-order valence-corrected chi connectivity index (χ3v) is 2.36. The van der Waals surface area contributed by atoms with Gasteiger partial charge in [0.2, 0.25) is 0 Å². The second-order valence-electron chi connectivity index (χ2n) is 1.66. The van der Waals surface area contributed by atoms with Gasteiger partial charge >= 0.3 is 6.09 Å². The highest BCUT2D eigenvalue weighted by molar-refractivity contribution is 8.14. The molecule has 1 atom stereocenters. The van der Waals surface area contributed by atoms with Crippen LogP contribution in [0.5, 0.6) is 0 Å². The number of carbonyl (C=O) groups is 1. The van der Waals surface area contributed by atoms with Crippen LogP contribution in [0.4, 0.5) is 4.79 Å². The lowest BCUT2D eigenvalue weighted by Gasteiger charge is -1.94. The molecule has 0 bridgehead atoms. The summed E-state index contributed by atoms with van der Waals surface area (Å²) in [6.07, 6.45) is -1.08. The molecule has 56 valence electrons. The van der Waals surface area contributed by atoms with E-state index in [9.17, 15) is 4.79 Å². The monoisotopic (exact) mass is 178 g/mol. The van der Waals surface area contributed by atoms with Gasteiger partial charge in [-0.2, -0.15) is 12.6 Å². The van der Waals surface area contributed by atoms with Crippen LogP contribution < -0.4 is 5.32 Å². The fourth-order valence-corrected chi connectivity index (χ4v) is 1.68. The van der Waals surface area contributed by atoms with Gasteiger partial charge in [0, 0.05) is 5.75 Å². The lowest BCUT2D eigenvalue weighted by molar-refractivity contribution is 0.200. The predicted molar refractivity (Wildman–Crippen MR) is 43.8 cm³/mol. The number of amides is 1. The van der Waals surface area contributed by atoms with Gasteiger partial charge in [-0.25, -0.2) is 9.79 Å². The van der Waals surface area contributed by atoms with Gasteiger partial charge in [0.15, 0.2) is 5.17 Å². The fraction of sp³-hybridized carbons (Fsp3) is 0.500. The fourth-order valence-electron chi connectivity index (χ4n) is 0.523. The first kappa shape index (κ1) is 7.74. The maximum absolute atomic E-state index is 10.0. The van der Waals surface area contributed by atoms with Gasteiger partial charge in [0.05, 0.1) is 0 Å². The second kappa shape index (κ2) is 3.16. The van der Waals surface area contributed by atoms with Crippen molar-refractivity contribution in [3.8, 4) is 0 Å². The molecule has 0 aliphatic carbocycles. The minimum Gasteiger partial charge on any atom is -0.465 e. The van der Waals surface area contributed by atoms with Crippen LogP contribution in [0.2, 0.25) is 0 Å². The molecule has 4 nitrogen and oxygen atoms in total. The molecule has 0 aromatic rings. The molecule has 0 radical (unpaired) electrons. The average Bonchev–Trinajstić information content (AvgIpc) is 2.13. The summed E-state index contributed by atoms with van der Waals surface area (Å²) in [5, 5.41) is 10.8. The van der Waals surface area contributed by atoms with Crippen molar-refractivity contribution >= 4 is 35.7 Å². The number of nitrogens with one attached hydrogen (secondary N) is 1. The largest absolute Gasteiger partial charge is 0.465 e. The summed E-state index contributed by atoms with van der Waals surface area (Å²) >= 11 is 5.39. The van der Waals surface area contributed by atoms with Crippen molar-refractivity contribution in [1.29, 1.82) is 0 Å². The smallest absolute Gasteiger partial charge is 0.410 e. The molecule has 6 heteroatoms. The number of nitrogens with zero attached hydrogens (tertiary/aromatic N) is 1. The zero-order valence-corrected chi connectivity index (χ0v) is 6.65. The number of thiol groups is 1. The minimum absolute atomic E-state index is 0.0631. The second-order valence-corrected chi connectivity index (χ2v) is 3.26. The van der Waals surface area contributed by atoms with E-state index in [4.69, 9.17) is 5.11 Å². The number of aliphatic imine (C=N–C) groups is 1. The van der Waals surface area contributed by atoms with Crippen LogP contribution in [0.25, 0.3) is 0 Å². The molecule has 1 unspecified atom stereocenters. The van der Waals surface area contributed by atoms with Gasteiger partial charge in [0.25, 0.3) is 0 Å². The lowest BCUT2D eigenvalue weighted by atomic mass is 10.8. The average molecular weight is 178 g/mol. The molecule has 0 fully saturated rings. The number of hydrogen-bond acceptors (Lipinski definition) is 4. The van der Waals surface area contributed by atoms with E-state index in [2.05, 4.69) is 22.9 Å². The molecule has 1 rings (SSSR count). The first-order chi connectivity index (χ1) is 4.68. The summed E-state index contributed by atoms with van der Waals surface area (Å²) in [6.45, 7) is 0.